The van der Waals surface area contributed by atoms with Crippen LogP contribution in [0.2, 0.25) is 0 Å². The number of nitrogens with zero attached hydrogens (tertiary/aromatic N) is 1. The molecule has 2 aromatic carbocycles. The summed E-state index contributed by atoms with van der Waals surface area (Å²) < 4.78 is 28.2. The van der Waals surface area contributed by atoms with Crippen molar-refractivity contribution in [3.05, 3.63) is 71.0 Å². The molecule has 1 aromatic heterocycles. The summed E-state index contributed by atoms with van der Waals surface area (Å²) in [7, 11) is -3.59. The molecule has 0 bridgehead atoms. The van der Waals surface area contributed by atoms with E-state index < -0.39 is 10.0 Å². The zero-order valence-electron chi connectivity index (χ0n) is 11.5. The van der Waals surface area contributed by atoms with Crippen molar-refractivity contribution in [3.63, 3.8) is 0 Å². The predicted molar refractivity (Wildman–Crippen MR) is 89.9 cm³/mol. The third kappa shape index (κ3) is 3.19. The molecule has 4 nitrogen and oxygen atoms in total. The summed E-state index contributed by atoms with van der Waals surface area (Å²) >= 11 is 3.43. The lowest BCUT2D eigenvalue weighted by Crippen LogP contribution is -2.23. The van der Waals surface area contributed by atoms with Gasteiger partial charge in [-0.3, -0.25) is 4.98 Å². The monoisotopic (exact) mass is 376 g/mol. The largest absolute Gasteiger partial charge is 0.260 e. The number of rotatable bonds is 4. The number of hydrogen-bond acceptors (Lipinski definition) is 3. The maximum absolute atomic E-state index is 12.4. The fraction of sp³-hybridized carbons (Fsp3) is 0.0625. The van der Waals surface area contributed by atoms with Crippen LogP contribution in [-0.2, 0) is 16.6 Å². The third-order valence-corrected chi connectivity index (χ3v) is 5.30. The summed E-state index contributed by atoms with van der Waals surface area (Å²) in [4.78, 5) is 4.34. The van der Waals surface area contributed by atoms with Crippen molar-refractivity contribution in [3.8, 4) is 0 Å². The molecule has 0 amide bonds. The second-order valence-electron chi connectivity index (χ2n) is 4.77. The SMILES string of the molecule is O=S(=O)(NCc1ccccn1)c1cc(Br)c2ccccc2c1. The van der Waals surface area contributed by atoms with Crippen molar-refractivity contribution in [1.29, 1.82) is 0 Å². The van der Waals surface area contributed by atoms with Crippen LogP contribution in [0.15, 0.2) is 70.2 Å². The number of aromatic nitrogens is 1. The van der Waals surface area contributed by atoms with Crippen LogP contribution in [0.1, 0.15) is 5.69 Å². The average molecular weight is 377 g/mol. The van der Waals surface area contributed by atoms with Crippen molar-refractivity contribution in [1.82, 2.24) is 9.71 Å². The molecule has 22 heavy (non-hydrogen) atoms. The minimum absolute atomic E-state index is 0.160. The molecule has 3 aromatic rings. The molecule has 0 aliphatic carbocycles. The van der Waals surface area contributed by atoms with Gasteiger partial charge in [-0.15, -0.1) is 0 Å². The Kier molecular flexibility index (Phi) is 4.24. The predicted octanol–water partition coefficient (Wildman–Crippen LogP) is 3.48. The Hall–Kier alpha value is -1.76. The highest BCUT2D eigenvalue weighted by Crippen LogP contribution is 2.27. The number of pyridine rings is 1. The number of nitrogens with one attached hydrogen (secondary N) is 1. The zero-order valence-corrected chi connectivity index (χ0v) is 13.9. The smallest absolute Gasteiger partial charge is 0.240 e. The Morgan fingerprint density at radius 2 is 1.82 bits per heavy atom. The van der Waals surface area contributed by atoms with Gasteiger partial charge in [-0.2, -0.15) is 0 Å². The van der Waals surface area contributed by atoms with Crippen molar-refractivity contribution >= 4 is 36.7 Å². The quantitative estimate of drug-likeness (QED) is 0.758. The summed E-state index contributed by atoms with van der Waals surface area (Å²) in [5.74, 6) is 0. The molecule has 0 radical (unpaired) electrons. The Morgan fingerprint density at radius 3 is 2.59 bits per heavy atom. The second kappa shape index (κ2) is 6.16. The number of sulfonamides is 1. The molecule has 1 heterocycles. The van der Waals surface area contributed by atoms with Gasteiger partial charge in [0.05, 0.1) is 17.1 Å². The summed E-state index contributed by atoms with van der Waals surface area (Å²) in [5, 5.41) is 1.85. The Morgan fingerprint density at radius 1 is 1.05 bits per heavy atom. The van der Waals surface area contributed by atoms with Gasteiger partial charge in [0.2, 0.25) is 10.0 Å². The molecule has 1 N–H and O–H groups in total. The topological polar surface area (TPSA) is 59.1 Å². The van der Waals surface area contributed by atoms with E-state index in [2.05, 4.69) is 25.6 Å². The Bertz CT molecular complexity index is 912. The van der Waals surface area contributed by atoms with Crippen LogP contribution in [0.25, 0.3) is 10.8 Å². The molecule has 0 spiro atoms. The van der Waals surface area contributed by atoms with E-state index in [0.29, 0.717) is 5.69 Å². The molecule has 6 heteroatoms. The highest BCUT2D eigenvalue weighted by molar-refractivity contribution is 9.10. The van der Waals surface area contributed by atoms with Gasteiger partial charge in [0.1, 0.15) is 0 Å². The van der Waals surface area contributed by atoms with Crippen molar-refractivity contribution < 1.29 is 8.42 Å². The van der Waals surface area contributed by atoms with Crippen LogP contribution in [0, 0.1) is 0 Å². The highest BCUT2D eigenvalue weighted by atomic mass is 79.9. The van der Waals surface area contributed by atoms with E-state index in [1.807, 2.05) is 30.3 Å². The lowest BCUT2D eigenvalue weighted by Gasteiger charge is -2.09. The van der Waals surface area contributed by atoms with Crippen molar-refractivity contribution in [2.75, 3.05) is 0 Å². The molecule has 0 unspecified atom stereocenters. The summed E-state index contributed by atoms with van der Waals surface area (Å²) in [5.41, 5.74) is 0.672. The van der Waals surface area contributed by atoms with Crippen molar-refractivity contribution in [2.45, 2.75) is 11.4 Å². The summed E-state index contributed by atoms with van der Waals surface area (Å²) in [6, 6.07) is 16.3. The molecule has 0 aliphatic heterocycles. The Labute approximate surface area is 137 Å². The maximum atomic E-state index is 12.4. The molecule has 0 fully saturated rings. The lowest BCUT2D eigenvalue weighted by molar-refractivity contribution is 0.580. The standard InChI is InChI=1S/C16H13BrN2O2S/c17-16-10-14(9-12-5-1-2-7-15(12)16)22(20,21)19-11-13-6-3-4-8-18-13/h1-10,19H,11H2. The molecule has 0 saturated heterocycles. The minimum Gasteiger partial charge on any atom is -0.260 e. The average Bonchev–Trinajstić information content (AvgIpc) is 2.54. The number of benzene rings is 2. The van der Waals surface area contributed by atoms with E-state index in [1.54, 1.807) is 30.5 Å². The molecule has 0 aliphatic rings. The van der Waals surface area contributed by atoms with Gasteiger partial charge in [-0.1, -0.05) is 46.3 Å². The first-order valence-electron chi connectivity index (χ1n) is 6.64. The Balaban J connectivity index is 1.92. The van der Waals surface area contributed by atoms with E-state index in [-0.39, 0.29) is 11.4 Å². The summed E-state index contributed by atoms with van der Waals surface area (Å²) in [6.45, 7) is 0.160. The van der Waals surface area contributed by atoms with Crippen LogP contribution < -0.4 is 4.72 Å². The van der Waals surface area contributed by atoms with E-state index >= 15 is 0 Å². The van der Waals surface area contributed by atoms with E-state index in [1.165, 1.54) is 0 Å². The fourth-order valence-electron chi connectivity index (χ4n) is 2.15. The molecular weight excluding hydrogens is 364 g/mol. The van der Waals surface area contributed by atoms with Crippen LogP contribution >= 0.6 is 15.9 Å². The van der Waals surface area contributed by atoms with E-state index in [4.69, 9.17) is 0 Å². The van der Waals surface area contributed by atoms with Gasteiger partial charge in [0.15, 0.2) is 0 Å². The van der Waals surface area contributed by atoms with E-state index in [9.17, 15) is 8.42 Å². The summed E-state index contributed by atoms with van der Waals surface area (Å²) in [6.07, 6.45) is 1.64. The first-order valence-corrected chi connectivity index (χ1v) is 8.92. The van der Waals surface area contributed by atoms with Crippen LogP contribution in [0.3, 0.4) is 0 Å². The van der Waals surface area contributed by atoms with Crippen molar-refractivity contribution in [2.24, 2.45) is 0 Å². The van der Waals surface area contributed by atoms with Gasteiger partial charge in [0.25, 0.3) is 0 Å². The maximum Gasteiger partial charge on any atom is 0.240 e. The van der Waals surface area contributed by atoms with Crippen LogP contribution in [0.5, 0.6) is 0 Å². The van der Waals surface area contributed by atoms with Gasteiger partial charge >= 0.3 is 0 Å². The van der Waals surface area contributed by atoms with Gasteiger partial charge in [-0.25, -0.2) is 13.1 Å². The molecule has 112 valence electrons. The lowest BCUT2D eigenvalue weighted by atomic mass is 10.1. The normalized spacial score (nSPS) is 11.7. The molecule has 0 saturated carbocycles. The fourth-order valence-corrected chi connectivity index (χ4v) is 3.97. The van der Waals surface area contributed by atoms with Crippen LogP contribution in [0.4, 0.5) is 0 Å². The zero-order chi connectivity index (χ0) is 15.6. The minimum atomic E-state index is -3.59. The first-order chi connectivity index (χ1) is 10.6. The van der Waals surface area contributed by atoms with Crippen LogP contribution in [-0.4, -0.2) is 13.4 Å². The second-order valence-corrected chi connectivity index (χ2v) is 7.39. The number of fused-ring (bicyclic) bond motifs is 1. The molecule has 0 atom stereocenters. The number of halogens is 1. The highest BCUT2D eigenvalue weighted by Gasteiger charge is 2.16. The first kappa shape index (κ1) is 15.1. The third-order valence-electron chi connectivity index (χ3n) is 3.26. The number of hydrogen-bond donors (Lipinski definition) is 1. The molecular formula is C16H13BrN2O2S. The molecule has 3 rings (SSSR count). The van der Waals surface area contributed by atoms with Gasteiger partial charge in [0, 0.05) is 10.7 Å². The van der Waals surface area contributed by atoms with Gasteiger partial charge in [-0.05, 0) is 35.0 Å². The van der Waals surface area contributed by atoms with Gasteiger partial charge < -0.3 is 0 Å². The van der Waals surface area contributed by atoms with E-state index in [0.717, 1.165) is 15.2 Å².